The summed E-state index contributed by atoms with van der Waals surface area (Å²) in [5, 5.41) is 18.1. The van der Waals surface area contributed by atoms with Crippen molar-refractivity contribution < 1.29 is 19.8 Å². The molecule has 0 aromatic heterocycles. The summed E-state index contributed by atoms with van der Waals surface area (Å²) in [7, 11) is 0. The van der Waals surface area contributed by atoms with Crippen LogP contribution in [0, 0.1) is 5.92 Å². The van der Waals surface area contributed by atoms with Crippen molar-refractivity contribution in [3.63, 3.8) is 0 Å². The van der Waals surface area contributed by atoms with Crippen molar-refractivity contribution in [2.24, 2.45) is 5.92 Å². The van der Waals surface area contributed by atoms with Gasteiger partial charge in [0.1, 0.15) is 0 Å². The van der Waals surface area contributed by atoms with Crippen LogP contribution in [0.15, 0.2) is 48.6 Å². The van der Waals surface area contributed by atoms with E-state index in [9.17, 15) is 9.59 Å². The summed E-state index contributed by atoms with van der Waals surface area (Å²) in [6.07, 6.45) is 8.13. The van der Waals surface area contributed by atoms with Gasteiger partial charge >= 0.3 is 11.9 Å². The van der Waals surface area contributed by atoms with E-state index in [1.165, 1.54) is 0 Å². The largest absolute Gasteiger partial charge is 0.481 e. The predicted molar refractivity (Wildman–Crippen MR) is 79.5 cm³/mol. The SMILES string of the molecule is C=CC/C(C(=O)O)=C(\CC)CC=CC(CC=C)C(=O)O. The number of rotatable bonds is 10. The fourth-order valence-corrected chi connectivity index (χ4v) is 1.82. The Hall–Kier alpha value is -2.10. The van der Waals surface area contributed by atoms with Crippen LogP contribution in [0.4, 0.5) is 0 Å². The molecule has 110 valence electrons. The first-order chi connectivity index (χ1) is 9.47. The number of aliphatic carboxylic acids is 2. The first-order valence-electron chi connectivity index (χ1n) is 6.53. The van der Waals surface area contributed by atoms with Gasteiger partial charge in [0.25, 0.3) is 0 Å². The fourth-order valence-electron chi connectivity index (χ4n) is 1.82. The van der Waals surface area contributed by atoms with Gasteiger partial charge in [0, 0.05) is 5.57 Å². The van der Waals surface area contributed by atoms with Crippen molar-refractivity contribution in [3.8, 4) is 0 Å². The Morgan fingerprint density at radius 2 is 1.80 bits per heavy atom. The summed E-state index contributed by atoms with van der Waals surface area (Å²) in [6, 6.07) is 0. The first-order valence-corrected chi connectivity index (χ1v) is 6.53. The van der Waals surface area contributed by atoms with E-state index in [1.54, 1.807) is 24.3 Å². The lowest BCUT2D eigenvalue weighted by atomic mass is 9.98. The van der Waals surface area contributed by atoms with Crippen LogP contribution in [0.3, 0.4) is 0 Å². The van der Waals surface area contributed by atoms with Crippen molar-refractivity contribution >= 4 is 11.9 Å². The molecule has 0 fully saturated rings. The van der Waals surface area contributed by atoms with Gasteiger partial charge in [0.05, 0.1) is 5.92 Å². The molecular weight excluding hydrogens is 256 g/mol. The number of carboxylic acid groups (broad SMARTS) is 2. The van der Waals surface area contributed by atoms with Crippen molar-refractivity contribution in [2.75, 3.05) is 0 Å². The van der Waals surface area contributed by atoms with Crippen LogP contribution in [-0.2, 0) is 9.59 Å². The maximum Gasteiger partial charge on any atom is 0.331 e. The van der Waals surface area contributed by atoms with Crippen LogP contribution in [0.1, 0.15) is 32.6 Å². The minimum Gasteiger partial charge on any atom is -0.481 e. The van der Waals surface area contributed by atoms with Gasteiger partial charge in [0.15, 0.2) is 0 Å². The van der Waals surface area contributed by atoms with Gasteiger partial charge in [-0.25, -0.2) is 4.79 Å². The molecule has 0 spiro atoms. The minimum absolute atomic E-state index is 0.307. The maximum absolute atomic E-state index is 11.2. The molecule has 0 radical (unpaired) electrons. The quantitative estimate of drug-likeness (QED) is 0.473. The molecule has 0 saturated heterocycles. The third-order valence-corrected chi connectivity index (χ3v) is 2.93. The van der Waals surface area contributed by atoms with Crippen LogP contribution < -0.4 is 0 Å². The van der Waals surface area contributed by atoms with E-state index in [4.69, 9.17) is 10.2 Å². The summed E-state index contributed by atoms with van der Waals surface area (Å²) >= 11 is 0. The van der Waals surface area contributed by atoms with Crippen LogP contribution in [0.5, 0.6) is 0 Å². The topological polar surface area (TPSA) is 74.6 Å². The first kappa shape index (κ1) is 17.9. The third kappa shape index (κ3) is 6.18. The van der Waals surface area contributed by atoms with Gasteiger partial charge in [-0.05, 0) is 25.7 Å². The molecule has 20 heavy (non-hydrogen) atoms. The zero-order valence-corrected chi connectivity index (χ0v) is 11.8. The van der Waals surface area contributed by atoms with Gasteiger partial charge in [-0.2, -0.15) is 0 Å². The molecule has 2 N–H and O–H groups in total. The fraction of sp³-hybridized carbons (Fsp3) is 0.375. The molecule has 1 unspecified atom stereocenters. The molecule has 0 bridgehead atoms. The molecule has 4 nitrogen and oxygen atoms in total. The number of carbonyl (C=O) groups is 2. The van der Waals surface area contributed by atoms with Crippen molar-refractivity contribution in [1.82, 2.24) is 0 Å². The van der Waals surface area contributed by atoms with E-state index < -0.39 is 17.9 Å². The molecule has 0 saturated carbocycles. The third-order valence-electron chi connectivity index (χ3n) is 2.93. The van der Waals surface area contributed by atoms with Crippen LogP contribution in [0.2, 0.25) is 0 Å². The van der Waals surface area contributed by atoms with Crippen LogP contribution in [-0.4, -0.2) is 22.2 Å². The van der Waals surface area contributed by atoms with E-state index in [-0.39, 0.29) is 0 Å². The van der Waals surface area contributed by atoms with E-state index in [0.717, 1.165) is 5.57 Å². The second-order valence-electron chi connectivity index (χ2n) is 4.33. The van der Waals surface area contributed by atoms with Crippen LogP contribution in [0.25, 0.3) is 0 Å². The normalized spacial score (nSPS) is 13.7. The number of allylic oxidation sites excluding steroid dienone is 4. The molecule has 0 aromatic rings. The van der Waals surface area contributed by atoms with Gasteiger partial charge < -0.3 is 10.2 Å². The van der Waals surface area contributed by atoms with E-state index in [0.29, 0.717) is 31.3 Å². The average molecular weight is 278 g/mol. The maximum atomic E-state index is 11.2. The number of carboxylic acids is 2. The zero-order valence-electron chi connectivity index (χ0n) is 11.8. The van der Waals surface area contributed by atoms with Crippen molar-refractivity contribution in [3.05, 3.63) is 48.6 Å². The smallest absolute Gasteiger partial charge is 0.331 e. The van der Waals surface area contributed by atoms with Crippen LogP contribution >= 0.6 is 0 Å². The minimum atomic E-state index is -0.948. The molecule has 0 aliphatic rings. The lowest BCUT2D eigenvalue weighted by Crippen LogP contribution is -2.09. The molecule has 1 atom stereocenters. The van der Waals surface area contributed by atoms with Crippen molar-refractivity contribution in [2.45, 2.75) is 32.6 Å². The Labute approximate surface area is 119 Å². The highest BCUT2D eigenvalue weighted by atomic mass is 16.4. The summed E-state index contributed by atoms with van der Waals surface area (Å²) < 4.78 is 0. The highest BCUT2D eigenvalue weighted by Crippen LogP contribution is 2.18. The highest BCUT2D eigenvalue weighted by Gasteiger charge is 2.13. The lowest BCUT2D eigenvalue weighted by Gasteiger charge is -2.08. The summed E-state index contributed by atoms with van der Waals surface area (Å²) in [6.45, 7) is 8.96. The summed E-state index contributed by atoms with van der Waals surface area (Å²) in [4.78, 5) is 22.1. The van der Waals surface area contributed by atoms with Gasteiger partial charge in [-0.1, -0.05) is 36.8 Å². The zero-order chi connectivity index (χ0) is 15.5. The number of hydrogen-bond donors (Lipinski definition) is 2. The Kier molecular flexibility index (Phi) is 8.75. The van der Waals surface area contributed by atoms with E-state index in [1.807, 2.05) is 6.92 Å². The predicted octanol–water partition coefficient (Wildman–Crippen LogP) is 3.58. The van der Waals surface area contributed by atoms with Gasteiger partial charge in [-0.15, -0.1) is 13.2 Å². The van der Waals surface area contributed by atoms with Gasteiger partial charge in [-0.3, -0.25) is 4.79 Å². The van der Waals surface area contributed by atoms with E-state index in [2.05, 4.69) is 13.2 Å². The molecular formula is C16H22O4. The molecule has 0 aliphatic carbocycles. The monoisotopic (exact) mass is 278 g/mol. The lowest BCUT2D eigenvalue weighted by molar-refractivity contribution is -0.140. The van der Waals surface area contributed by atoms with E-state index >= 15 is 0 Å². The Balaban J connectivity index is 4.99. The molecule has 0 aliphatic heterocycles. The summed E-state index contributed by atoms with van der Waals surface area (Å²) in [5.74, 6) is -2.47. The Morgan fingerprint density at radius 1 is 1.15 bits per heavy atom. The Morgan fingerprint density at radius 3 is 2.20 bits per heavy atom. The van der Waals surface area contributed by atoms with Crippen molar-refractivity contribution in [1.29, 1.82) is 0 Å². The molecule has 0 heterocycles. The molecule has 0 aromatic carbocycles. The second kappa shape index (κ2) is 9.78. The molecule has 4 heteroatoms. The Bertz CT molecular complexity index is 430. The molecule has 0 rings (SSSR count). The average Bonchev–Trinajstić information content (AvgIpc) is 2.40. The van der Waals surface area contributed by atoms with Gasteiger partial charge in [0.2, 0.25) is 0 Å². The second-order valence-corrected chi connectivity index (χ2v) is 4.33. The highest BCUT2D eigenvalue weighted by molar-refractivity contribution is 5.87. The molecule has 0 amide bonds. The standard InChI is InChI=1S/C16H22O4/c1-4-8-13(15(17)18)11-7-10-12(6-3)14(9-5-2)16(19)20/h4-5,7,11,13H,1-2,6,8-10H2,3H3,(H,17,18)(H,19,20)/b11-7?,14-12-. The number of hydrogen-bond acceptors (Lipinski definition) is 2. The summed E-state index contributed by atoms with van der Waals surface area (Å²) in [5.41, 5.74) is 1.12.